The standard InChI is InChI=1S/C24H15ClFN3O5/c1-12-5-8-14(25)11-18(12)27-20(13-6-9-15(26)10-7-13)21(24(27)32)28-22(30)16-3-2-4-17(29(33)34)19(16)23(28)31/h2-11,20-21H,1H3/t20-,21+/m1/s1. The van der Waals surface area contributed by atoms with Crippen molar-refractivity contribution >= 4 is 40.7 Å². The molecular weight excluding hydrogens is 465 g/mol. The van der Waals surface area contributed by atoms with E-state index in [-0.39, 0.29) is 11.1 Å². The summed E-state index contributed by atoms with van der Waals surface area (Å²) in [6.45, 7) is 1.78. The van der Waals surface area contributed by atoms with Crippen LogP contribution >= 0.6 is 11.6 Å². The zero-order chi connectivity index (χ0) is 24.3. The molecule has 2 aliphatic heterocycles. The normalized spacial score (nSPS) is 19.3. The number of carbonyl (C=O) groups excluding carboxylic acids is 3. The summed E-state index contributed by atoms with van der Waals surface area (Å²) in [5.74, 6) is -2.76. The number of hydrogen-bond acceptors (Lipinski definition) is 5. The van der Waals surface area contributed by atoms with E-state index < -0.39 is 46.2 Å². The van der Waals surface area contributed by atoms with Gasteiger partial charge < -0.3 is 4.90 Å². The van der Waals surface area contributed by atoms with Crippen LogP contribution in [-0.2, 0) is 4.79 Å². The number of nitrogens with zero attached hydrogens (tertiary/aromatic N) is 3. The van der Waals surface area contributed by atoms with Gasteiger partial charge in [0, 0.05) is 16.8 Å². The quantitative estimate of drug-likeness (QED) is 0.238. The van der Waals surface area contributed by atoms with Gasteiger partial charge in [0.15, 0.2) is 0 Å². The van der Waals surface area contributed by atoms with E-state index in [2.05, 4.69) is 0 Å². The van der Waals surface area contributed by atoms with Crippen LogP contribution in [0.5, 0.6) is 0 Å². The first-order chi connectivity index (χ1) is 16.2. The maximum absolute atomic E-state index is 13.6. The number of amides is 3. The Kier molecular flexibility index (Phi) is 4.94. The Balaban J connectivity index is 1.63. The third-order valence-electron chi connectivity index (χ3n) is 6.11. The number of aryl methyl sites for hydroxylation is 1. The van der Waals surface area contributed by atoms with E-state index >= 15 is 0 Å². The summed E-state index contributed by atoms with van der Waals surface area (Å²) in [4.78, 5) is 52.8. The molecule has 170 valence electrons. The van der Waals surface area contributed by atoms with Gasteiger partial charge in [-0.2, -0.15) is 0 Å². The van der Waals surface area contributed by atoms with Crippen LogP contribution in [0.1, 0.15) is 37.9 Å². The van der Waals surface area contributed by atoms with Gasteiger partial charge in [0.25, 0.3) is 23.4 Å². The number of rotatable bonds is 4. The highest BCUT2D eigenvalue weighted by Crippen LogP contribution is 2.46. The summed E-state index contributed by atoms with van der Waals surface area (Å²) in [5, 5.41) is 11.8. The Morgan fingerprint density at radius 3 is 2.32 bits per heavy atom. The highest BCUT2D eigenvalue weighted by Gasteiger charge is 2.58. The molecule has 2 aliphatic rings. The van der Waals surface area contributed by atoms with Gasteiger partial charge in [0.05, 0.1) is 16.5 Å². The maximum atomic E-state index is 13.6. The Labute approximate surface area is 197 Å². The predicted octanol–water partition coefficient (Wildman–Crippen LogP) is 4.45. The summed E-state index contributed by atoms with van der Waals surface area (Å²) in [5.41, 5.74) is 0.692. The first-order valence-corrected chi connectivity index (χ1v) is 10.6. The SMILES string of the molecule is Cc1ccc(Cl)cc1N1C(=O)[C@@H](N2C(=O)c3cccc([N+](=O)[O-])c3C2=O)[C@H]1c1ccc(F)cc1. The summed E-state index contributed by atoms with van der Waals surface area (Å²) in [6, 6.07) is 12.0. The van der Waals surface area contributed by atoms with Gasteiger partial charge in [-0.05, 0) is 48.4 Å². The zero-order valence-electron chi connectivity index (χ0n) is 17.6. The molecule has 3 aromatic rings. The molecule has 3 amide bonds. The molecular formula is C24H15ClFN3O5. The first kappa shape index (κ1) is 21.7. The monoisotopic (exact) mass is 479 g/mol. The van der Waals surface area contributed by atoms with Gasteiger partial charge in [-0.15, -0.1) is 0 Å². The molecule has 0 radical (unpaired) electrons. The maximum Gasteiger partial charge on any atom is 0.282 e. The minimum atomic E-state index is -1.27. The second kappa shape index (κ2) is 7.74. The molecule has 1 saturated heterocycles. The van der Waals surface area contributed by atoms with E-state index in [0.29, 0.717) is 16.3 Å². The van der Waals surface area contributed by atoms with Crippen LogP contribution in [0.4, 0.5) is 15.8 Å². The van der Waals surface area contributed by atoms with Crippen molar-refractivity contribution in [3.8, 4) is 0 Å². The molecule has 0 unspecified atom stereocenters. The number of halogens is 2. The molecule has 2 atom stereocenters. The molecule has 10 heteroatoms. The Hall–Kier alpha value is -4.11. The van der Waals surface area contributed by atoms with Crippen LogP contribution in [-0.4, -0.2) is 33.6 Å². The molecule has 0 spiro atoms. The molecule has 3 aromatic carbocycles. The van der Waals surface area contributed by atoms with E-state index in [9.17, 15) is 28.9 Å². The van der Waals surface area contributed by atoms with Gasteiger partial charge in [-0.1, -0.05) is 35.9 Å². The van der Waals surface area contributed by atoms with Crippen molar-refractivity contribution in [2.75, 3.05) is 4.90 Å². The number of benzene rings is 3. The number of β-lactam (4-membered cyclic amide) rings is 1. The predicted molar refractivity (Wildman–Crippen MR) is 120 cm³/mol. The third-order valence-corrected chi connectivity index (χ3v) is 6.34. The minimum absolute atomic E-state index is 0.137. The smallest absolute Gasteiger partial charge is 0.282 e. The topological polar surface area (TPSA) is 101 Å². The Morgan fingerprint density at radius 2 is 1.65 bits per heavy atom. The van der Waals surface area contributed by atoms with Gasteiger partial charge in [0.2, 0.25) is 0 Å². The average molecular weight is 480 g/mol. The molecule has 0 bridgehead atoms. The summed E-state index contributed by atoms with van der Waals surface area (Å²) in [6.07, 6.45) is 0. The number of fused-ring (bicyclic) bond motifs is 1. The van der Waals surface area contributed by atoms with Crippen molar-refractivity contribution in [2.24, 2.45) is 0 Å². The van der Waals surface area contributed by atoms with E-state index in [1.165, 1.54) is 41.3 Å². The second-order valence-corrected chi connectivity index (χ2v) is 8.45. The zero-order valence-corrected chi connectivity index (χ0v) is 18.3. The first-order valence-electron chi connectivity index (χ1n) is 10.2. The number of carbonyl (C=O) groups is 3. The molecule has 0 aromatic heterocycles. The Bertz CT molecular complexity index is 1410. The fourth-order valence-electron chi connectivity index (χ4n) is 4.52. The van der Waals surface area contributed by atoms with Crippen molar-refractivity contribution in [3.63, 3.8) is 0 Å². The lowest BCUT2D eigenvalue weighted by Crippen LogP contribution is -2.67. The van der Waals surface area contributed by atoms with Crippen molar-refractivity contribution in [1.82, 2.24) is 4.90 Å². The summed E-state index contributed by atoms with van der Waals surface area (Å²) >= 11 is 6.15. The molecule has 34 heavy (non-hydrogen) atoms. The lowest BCUT2D eigenvalue weighted by Gasteiger charge is -2.50. The Morgan fingerprint density at radius 1 is 0.941 bits per heavy atom. The number of anilines is 1. The van der Waals surface area contributed by atoms with Crippen molar-refractivity contribution in [2.45, 2.75) is 19.0 Å². The van der Waals surface area contributed by atoms with Crippen molar-refractivity contribution < 1.29 is 23.7 Å². The third kappa shape index (κ3) is 3.08. The molecule has 2 heterocycles. The van der Waals surface area contributed by atoms with Crippen molar-refractivity contribution in [3.05, 3.63) is 104 Å². The van der Waals surface area contributed by atoms with Crippen LogP contribution in [0.2, 0.25) is 5.02 Å². The fourth-order valence-corrected chi connectivity index (χ4v) is 4.68. The number of nitro benzene ring substituents is 1. The van der Waals surface area contributed by atoms with Crippen LogP contribution in [0, 0.1) is 22.9 Å². The van der Waals surface area contributed by atoms with Crippen LogP contribution < -0.4 is 4.90 Å². The highest BCUT2D eigenvalue weighted by molar-refractivity contribution is 6.31. The lowest BCUT2D eigenvalue weighted by atomic mass is 9.85. The van der Waals surface area contributed by atoms with Crippen LogP contribution in [0.15, 0.2) is 60.7 Å². The molecule has 0 saturated carbocycles. The summed E-state index contributed by atoms with van der Waals surface area (Å²) < 4.78 is 13.6. The lowest BCUT2D eigenvalue weighted by molar-refractivity contribution is -0.385. The van der Waals surface area contributed by atoms with Crippen molar-refractivity contribution in [1.29, 1.82) is 0 Å². The van der Waals surface area contributed by atoms with E-state index in [4.69, 9.17) is 11.6 Å². The van der Waals surface area contributed by atoms with Gasteiger partial charge in [-0.25, -0.2) is 4.39 Å². The number of nitro groups is 1. The van der Waals surface area contributed by atoms with E-state index in [0.717, 1.165) is 16.5 Å². The van der Waals surface area contributed by atoms with Crippen LogP contribution in [0.25, 0.3) is 0 Å². The number of hydrogen-bond donors (Lipinski definition) is 0. The van der Waals surface area contributed by atoms with E-state index in [1.807, 2.05) is 0 Å². The number of imide groups is 1. The van der Waals surface area contributed by atoms with Gasteiger partial charge in [-0.3, -0.25) is 29.4 Å². The second-order valence-electron chi connectivity index (χ2n) is 8.02. The largest absolute Gasteiger partial charge is 0.300 e. The molecule has 1 fully saturated rings. The summed E-state index contributed by atoms with van der Waals surface area (Å²) in [7, 11) is 0. The molecule has 0 aliphatic carbocycles. The molecule has 8 nitrogen and oxygen atoms in total. The molecule has 5 rings (SSSR count). The van der Waals surface area contributed by atoms with Gasteiger partial charge >= 0.3 is 0 Å². The highest BCUT2D eigenvalue weighted by atomic mass is 35.5. The minimum Gasteiger partial charge on any atom is -0.300 e. The van der Waals surface area contributed by atoms with Crippen LogP contribution in [0.3, 0.4) is 0 Å². The average Bonchev–Trinajstić information content (AvgIpc) is 3.05. The molecule has 0 N–H and O–H groups in total. The van der Waals surface area contributed by atoms with Gasteiger partial charge in [0.1, 0.15) is 17.4 Å². The van der Waals surface area contributed by atoms with E-state index in [1.54, 1.807) is 25.1 Å². The fraction of sp³-hybridized carbons (Fsp3) is 0.125.